The first-order valence-corrected chi connectivity index (χ1v) is 5.76. The van der Waals surface area contributed by atoms with E-state index in [9.17, 15) is 0 Å². The zero-order valence-electron chi connectivity index (χ0n) is 9.19. The van der Waals surface area contributed by atoms with Crippen LogP contribution in [0, 0.1) is 0 Å². The third kappa shape index (κ3) is 2.45. The number of aryl methyl sites for hydroxylation is 1. The number of nitrogens with one attached hydrogen (secondary N) is 1. The quantitative estimate of drug-likeness (QED) is 0.665. The summed E-state index contributed by atoms with van der Waals surface area (Å²) in [6.45, 7) is 0. The highest BCUT2D eigenvalue weighted by molar-refractivity contribution is 6.42. The third-order valence-electron chi connectivity index (χ3n) is 2.59. The first kappa shape index (κ1) is 12.4. The summed E-state index contributed by atoms with van der Waals surface area (Å²) in [5.74, 6) is 5.59. The zero-order chi connectivity index (χ0) is 12.4. The van der Waals surface area contributed by atoms with Gasteiger partial charge in [0.1, 0.15) is 0 Å². The fraction of sp³-hybridized carbons (Fsp3) is 0.182. The molecule has 1 unspecified atom stereocenters. The van der Waals surface area contributed by atoms with Gasteiger partial charge in [0.05, 0.1) is 34.3 Å². The van der Waals surface area contributed by atoms with Crippen LogP contribution in [-0.4, -0.2) is 9.55 Å². The number of nitrogens with zero attached hydrogens (tertiary/aromatic N) is 2. The molecule has 0 fully saturated rings. The molecule has 0 saturated heterocycles. The van der Waals surface area contributed by atoms with E-state index in [2.05, 4.69) is 10.4 Å². The van der Waals surface area contributed by atoms with E-state index >= 15 is 0 Å². The average Bonchev–Trinajstić information content (AvgIpc) is 2.71. The number of rotatable bonds is 3. The molecule has 0 spiro atoms. The average molecular weight is 271 g/mol. The molecular formula is C11H12Cl2N4. The van der Waals surface area contributed by atoms with Crippen LogP contribution in [0.5, 0.6) is 0 Å². The summed E-state index contributed by atoms with van der Waals surface area (Å²) in [6.07, 6.45) is 3.48. The largest absolute Gasteiger partial charge is 0.336 e. The number of hydrogen-bond acceptors (Lipinski definition) is 3. The Morgan fingerprint density at radius 3 is 2.65 bits per heavy atom. The second-order valence-electron chi connectivity index (χ2n) is 3.70. The van der Waals surface area contributed by atoms with Crippen LogP contribution >= 0.6 is 23.2 Å². The van der Waals surface area contributed by atoms with Crippen molar-refractivity contribution in [2.75, 3.05) is 0 Å². The Morgan fingerprint density at radius 2 is 2.12 bits per heavy atom. The van der Waals surface area contributed by atoms with E-state index in [-0.39, 0.29) is 6.04 Å². The van der Waals surface area contributed by atoms with Crippen molar-refractivity contribution in [3.63, 3.8) is 0 Å². The molecular weight excluding hydrogens is 259 g/mol. The van der Waals surface area contributed by atoms with Crippen LogP contribution in [0.15, 0.2) is 30.7 Å². The summed E-state index contributed by atoms with van der Waals surface area (Å²) < 4.78 is 1.90. The van der Waals surface area contributed by atoms with E-state index in [0.717, 1.165) is 11.3 Å². The summed E-state index contributed by atoms with van der Waals surface area (Å²) in [5, 5.41) is 1.03. The van der Waals surface area contributed by atoms with Crippen LogP contribution in [0.2, 0.25) is 10.0 Å². The van der Waals surface area contributed by atoms with Crippen LogP contribution in [0.3, 0.4) is 0 Å². The minimum absolute atomic E-state index is 0.169. The highest BCUT2D eigenvalue weighted by atomic mass is 35.5. The lowest BCUT2D eigenvalue weighted by molar-refractivity contribution is 0.597. The third-order valence-corrected chi connectivity index (χ3v) is 3.33. The molecule has 1 aromatic heterocycles. The highest BCUT2D eigenvalue weighted by Crippen LogP contribution is 2.28. The second kappa shape index (κ2) is 5.06. The summed E-state index contributed by atoms with van der Waals surface area (Å²) in [4.78, 5) is 4.06. The normalized spacial score (nSPS) is 12.7. The molecule has 0 saturated carbocycles. The monoisotopic (exact) mass is 270 g/mol. The molecule has 0 amide bonds. The lowest BCUT2D eigenvalue weighted by Gasteiger charge is -2.17. The van der Waals surface area contributed by atoms with Crippen LogP contribution in [0.4, 0.5) is 0 Å². The molecule has 1 aromatic carbocycles. The van der Waals surface area contributed by atoms with Crippen molar-refractivity contribution in [1.29, 1.82) is 0 Å². The molecule has 1 heterocycles. The van der Waals surface area contributed by atoms with Gasteiger partial charge in [-0.25, -0.2) is 10.4 Å². The van der Waals surface area contributed by atoms with Crippen molar-refractivity contribution in [2.45, 2.75) is 6.04 Å². The molecule has 4 nitrogen and oxygen atoms in total. The van der Waals surface area contributed by atoms with Gasteiger partial charge in [0, 0.05) is 7.05 Å². The maximum Gasteiger partial charge on any atom is 0.0946 e. The van der Waals surface area contributed by atoms with E-state index in [1.165, 1.54) is 0 Å². The predicted molar refractivity (Wildman–Crippen MR) is 68.8 cm³/mol. The summed E-state index contributed by atoms with van der Waals surface area (Å²) >= 11 is 11.9. The molecule has 0 bridgehead atoms. The van der Waals surface area contributed by atoms with Gasteiger partial charge in [-0.05, 0) is 17.7 Å². The van der Waals surface area contributed by atoms with Gasteiger partial charge in [-0.3, -0.25) is 5.84 Å². The van der Waals surface area contributed by atoms with Crippen molar-refractivity contribution in [2.24, 2.45) is 12.9 Å². The number of nitrogens with two attached hydrogens (primary N) is 1. The standard InChI is InChI=1S/C11H12Cl2N4/c1-17-6-15-5-10(17)11(16-14)7-2-3-8(12)9(13)4-7/h2-6,11,16H,14H2,1H3. The van der Waals surface area contributed by atoms with Gasteiger partial charge in [0.25, 0.3) is 0 Å². The Morgan fingerprint density at radius 1 is 1.35 bits per heavy atom. The fourth-order valence-electron chi connectivity index (χ4n) is 1.69. The smallest absolute Gasteiger partial charge is 0.0946 e. The Kier molecular flexibility index (Phi) is 3.69. The molecule has 3 N–H and O–H groups in total. The van der Waals surface area contributed by atoms with E-state index < -0.39 is 0 Å². The van der Waals surface area contributed by atoms with Crippen molar-refractivity contribution < 1.29 is 0 Å². The molecule has 0 radical (unpaired) electrons. The Bertz CT molecular complexity index is 524. The molecule has 6 heteroatoms. The van der Waals surface area contributed by atoms with E-state index in [0.29, 0.717) is 10.0 Å². The van der Waals surface area contributed by atoms with Gasteiger partial charge < -0.3 is 4.57 Å². The molecule has 2 rings (SSSR count). The maximum absolute atomic E-state index is 5.99. The summed E-state index contributed by atoms with van der Waals surface area (Å²) in [5.41, 5.74) is 4.63. The number of imidazole rings is 1. The molecule has 0 aliphatic heterocycles. The highest BCUT2D eigenvalue weighted by Gasteiger charge is 2.16. The van der Waals surface area contributed by atoms with Crippen LogP contribution in [-0.2, 0) is 7.05 Å². The van der Waals surface area contributed by atoms with Crippen molar-refractivity contribution in [3.05, 3.63) is 52.0 Å². The van der Waals surface area contributed by atoms with Gasteiger partial charge in [0.15, 0.2) is 0 Å². The number of hydrazine groups is 1. The molecule has 90 valence electrons. The molecule has 0 aliphatic carbocycles. The first-order chi connectivity index (χ1) is 8.13. The molecule has 1 atom stereocenters. The Hall–Kier alpha value is -1.07. The van der Waals surface area contributed by atoms with Gasteiger partial charge in [-0.2, -0.15) is 0 Å². The number of halogens is 2. The SMILES string of the molecule is Cn1cncc1C(NN)c1ccc(Cl)c(Cl)c1. The summed E-state index contributed by atoms with van der Waals surface area (Å²) in [7, 11) is 1.91. The van der Waals surface area contributed by atoms with E-state index in [1.807, 2.05) is 17.7 Å². The lowest BCUT2D eigenvalue weighted by Crippen LogP contribution is -2.30. The van der Waals surface area contributed by atoms with Crippen LogP contribution < -0.4 is 11.3 Å². The van der Waals surface area contributed by atoms with Gasteiger partial charge in [-0.1, -0.05) is 29.3 Å². The number of benzene rings is 1. The number of hydrogen-bond donors (Lipinski definition) is 2. The minimum Gasteiger partial charge on any atom is -0.336 e. The molecule has 17 heavy (non-hydrogen) atoms. The van der Waals surface area contributed by atoms with Gasteiger partial charge in [0.2, 0.25) is 0 Å². The van der Waals surface area contributed by atoms with Crippen LogP contribution in [0.25, 0.3) is 0 Å². The Balaban J connectivity index is 2.42. The topological polar surface area (TPSA) is 55.9 Å². The molecule has 2 aromatic rings. The predicted octanol–water partition coefficient (Wildman–Crippen LogP) is 2.28. The van der Waals surface area contributed by atoms with Gasteiger partial charge in [-0.15, -0.1) is 0 Å². The Labute approximate surface area is 109 Å². The van der Waals surface area contributed by atoms with Crippen molar-refractivity contribution >= 4 is 23.2 Å². The van der Waals surface area contributed by atoms with E-state index in [1.54, 1.807) is 24.7 Å². The minimum atomic E-state index is -0.169. The van der Waals surface area contributed by atoms with E-state index in [4.69, 9.17) is 29.0 Å². The van der Waals surface area contributed by atoms with Crippen LogP contribution in [0.1, 0.15) is 17.3 Å². The zero-order valence-corrected chi connectivity index (χ0v) is 10.7. The van der Waals surface area contributed by atoms with Crippen molar-refractivity contribution in [3.8, 4) is 0 Å². The summed E-state index contributed by atoms with van der Waals surface area (Å²) in [6, 6.07) is 5.25. The fourth-order valence-corrected chi connectivity index (χ4v) is 2.00. The maximum atomic E-state index is 5.99. The first-order valence-electron chi connectivity index (χ1n) is 5.00. The van der Waals surface area contributed by atoms with Crippen molar-refractivity contribution in [1.82, 2.24) is 15.0 Å². The lowest BCUT2D eigenvalue weighted by atomic mass is 10.1. The second-order valence-corrected chi connectivity index (χ2v) is 4.52. The van der Waals surface area contributed by atoms with Gasteiger partial charge >= 0.3 is 0 Å². The molecule has 0 aliphatic rings. The number of aromatic nitrogens is 2.